The number of likely N-dealkylation sites (tertiary alicyclic amines) is 1. The Morgan fingerprint density at radius 2 is 2.33 bits per heavy atom. The van der Waals surface area contributed by atoms with Crippen LogP contribution in [0.3, 0.4) is 0 Å². The van der Waals surface area contributed by atoms with Gasteiger partial charge in [-0.25, -0.2) is 0 Å². The lowest BCUT2D eigenvalue weighted by atomic mass is 9.79. The summed E-state index contributed by atoms with van der Waals surface area (Å²) < 4.78 is 5.50. The summed E-state index contributed by atoms with van der Waals surface area (Å²) in [6.45, 7) is 1.52. The Labute approximate surface area is 90.2 Å². The van der Waals surface area contributed by atoms with Gasteiger partial charge in [0.05, 0.1) is 5.60 Å². The second kappa shape index (κ2) is 4.10. The molecule has 2 aliphatic rings. The molecule has 4 nitrogen and oxygen atoms in total. The molecule has 0 bridgehead atoms. The molecule has 0 aromatic rings. The van der Waals surface area contributed by atoms with E-state index < -0.39 is 0 Å². The smallest absolute Gasteiger partial charge is 0.223 e. The van der Waals surface area contributed by atoms with E-state index in [1.807, 2.05) is 4.90 Å². The SMILES string of the molecule is COC1(CN2CC(CO)CC2=O)CCC1. The average molecular weight is 213 g/mol. The minimum atomic E-state index is -0.0833. The van der Waals surface area contributed by atoms with Crippen LogP contribution in [0.4, 0.5) is 0 Å². The fourth-order valence-corrected chi connectivity index (χ4v) is 2.47. The number of rotatable bonds is 4. The molecule has 1 heterocycles. The van der Waals surface area contributed by atoms with E-state index >= 15 is 0 Å². The predicted molar refractivity (Wildman–Crippen MR) is 55.4 cm³/mol. The number of hydrogen-bond donors (Lipinski definition) is 1. The zero-order valence-electron chi connectivity index (χ0n) is 9.24. The highest BCUT2D eigenvalue weighted by molar-refractivity contribution is 5.78. The molecule has 1 aliphatic carbocycles. The van der Waals surface area contributed by atoms with Crippen LogP contribution in [0.25, 0.3) is 0 Å². The van der Waals surface area contributed by atoms with E-state index in [-0.39, 0.29) is 24.0 Å². The number of carbonyl (C=O) groups excluding carboxylic acids is 1. The first kappa shape index (κ1) is 10.9. The summed E-state index contributed by atoms with van der Waals surface area (Å²) in [5, 5.41) is 9.02. The zero-order chi connectivity index (χ0) is 10.9. The molecule has 2 rings (SSSR count). The molecule has 1 N–H and O–H groups in total. The monoisotopic (exact) mass is 213 g/mol. The second-order valence-electron chi connectivity index (χ2n) is 4.77. The molecule has 0 radical (unpaired) electrons. The van der Waals surface area contributed by atoms with E-state index in [0.29, 0.717) is 19.5 Å². The van der Waals surface area contributed by atoms with Crippen molar-refractivity contribution in [3.8, 4) is 0 Å². The molecule has 0 aromatic heterocycles. The number of hydrogen-bond acceptors (Lipinski definition) is 3. The summed E-state index contributed by atoms with van der Waals surface area (Å²) in [6.07, 6.45) is 3.80. The maximum absolute atomic E-state index is 11.6. The predicted octanol–water partition coefficient (Wildman–Crippen LogP) is 0.396. The van der Waals surface area contributed by atoms with Gasteiger partial charge in [-0.05, 0) is 19.3 Å². The lowest BCUT2D eigenvalue weighted by Gasteiger charge is -2.43. The van der Waals surface area contributed by atoms with Crippen molar-refractivity contribution in [1.82, 2.24) is 4.90 Å². The molecular weight excluding hydrogens is 194 g/mol. The van der Waals surface area contributed by atoms with Crippen LogP contribution >= 0.6 is 0 Å². The Kier molecular flexibility index (Phi) is 2.98. The maximum Gasteiger partial charge on any atom is 0.223 e. The average Bonchev–Trinajstić information content (AvgIpc) is 2.53. The Bertz CT molecular complexity index is 245. The quantitative estimate of drug-likeness (QED) is 0.735. The van der Waals surface area contributed by atoms with Crippen molar-refractivity contribution in [3.05, 3.63) is 0 Å². The fourth-order valence-electron chi connectivity index (χ4n) is 2.47. The van der Waals surface area contributed by atoms with Gasteiger partial charge in [-0.1, -0.05) is 0 Å². The first-order chi connectivity index (χ1) is 7.19. The van der Waals surface area contributed by atoms with E-state index in [2.05, 4.69) is 0 Å². The zero-order valence-corrected chi connectivity index (χ0v) is 9.24. The Hall–Kier alpha value is -0.610. The van der Waals surface area contributed by atoms with E-state index in [4.69, 9.17) is 9.84 Å². The van der Waals surface area contributed by atoms with Crippen LogP contribution in [0, 0.1) is 5.92 Å². The van der Waals surface area contributed by atoms with E-state index in [9.17, 15) is 4.79 Å². The van der Waals surface area contributed by atoms with Crippen molar-refractivity contribution in [3.63, 3.8) is 0 Å². The third kappa shape index (κ3) is 2.01. The van der Waals surface area contributed by atoms with E-state index in [1.165, 1.54) is 6.42 Å². The highest BCUT2D eigenvalue weighted by atomic mass is 16.5. The number of ether oxygens (including phenoxy) is 1. The molecule has 0 aromatic carbocycles. The topological polar surface area (TPSA) is 49.8 Å². The van der Waals surface area contributed by atoms with Gasteiger partial charge in [0.15, 0.2) is 0 Å². The van der Waals surface area contributed by atoms with Crippen LogP contribution in [-0.2, 0) is 9.53 Å². The van der Waals surface area contributed by atoms with Crippen LogP contribution in [0.5, 0.6) is 0 Å². The standard InChI is InChI=1S/C11H19NO3/c1-15-11(3-2-4-11)8-12-6-9(7-13)5-10(12)14/h9,13H,2-8H2,1H3. The van der Waals surface area contributed by atoms with Crippen LogP contribution < -0.4 is 0 Å². The summed E-state index contributed by atoms with van der Waals surface area (Å²) in [5.74, 6) is 0.295. The van der Waals surface area contributed by atoms with Crippen molar-refractivity contribution in [1.29, 1.82) is 0 Å². The Morgan fingerprint density at radius 3 is 2.73 bits per heavy atom. The molecule has 1 unspecified atom stereocenters. The van der Waals surface area contributed by atoms with E-state index in [1.54, 1.807) is 7.11 Å². The molecule has 86 valence electrons. The van der Waals surface area contributed by atoms with Crippen molar-refractivity contribution >= 4 is 5.91 Å². The molecule has 4 heteroatoms. The molecular formula is C11H19NO3. The number of nitrogens with zero attached hydrogens (tertiary/aromatic N) is 1. The summed E-state index contributed by atoms with van der Waals surface area (Å²) in [7, 11) is 1.73. The Balaban J connectivity index is 1.91. The number of aliphatic hydroxyl groups excluding tert-OH is 1. The third-order valence-corrected chi connectivity index (χ3v) is 3.73. The molecule has 1 atom stereocenters. The van der Waals surface area contributed by atoms with Gasteiger partial charge in [0.1, 0.15) is 0 Å². The molecule has 1 saturated carbocycles. The van der Waals surface area contributed by atoms with Crippen molar-refractivity contribution < 1.29 is 14.6 Å². The summed E-state index contributed by atoms with van der Waals surface area (Å²) >= 11 is 0. The van der Waals surface area contributed by atoms with Gasteiger partial charge >= 0.3 is 0 Å². The van der Waals surface area contributed by atoms with Gasteiger partial charge < -0.3 is 14.7 Å². The van der Waals surface area contributed by atoms with Crippen LogP contribution in [0.2, 0.25) is 0 Å². The fraction of sp³-hybridized carbons (Fsp3) is 0.909. The van der Waals surface area contributed by atoms with Crippen LogP contribution in [0.15, 0.2) is 0 Å². The van der Waals surface area contributed by atoms with Gasteiger partial charge in [0.2, 0.25) is 5.91 Å². The van der Waals surface area contributed by atoms with Crippen molar-refractivity contribution in [2.45, 2.75) is 31.3 Å². The minimum Gasteiger partial charge on any atom is -0.396 e. The number of methoxy groups -OCH3 is 1. The number of aliphatic hydroxyl groups is 1. The van der Waals surface area contributed by atoms with Crippen molar-refractivity contribution in [2.24, 2.45) is 5.92 Å². The summed E-state index contributed by atoms with van der Waals surface area (Å²) in [5.41, 5.74) is -0.0833. The second-order valence-corrected chi connectivity index (χ2v) is 4.77. The van der Waals surface area contributed by atoms with Gasteiger partial charge in [0, 0.05) is 39.1 Å². The molecule has 15 heavy (non-hydrogen) atoms. The normalized spacial score (nSPS) is 29.3. The lowest BCUT2D eigenvalue weighted by molar-refractivity contribution is -0.136. The van der Waals surface area contributed by atoms with Gasteiger partial charge in [-0.3, -0.25) is 4.79 Å². The maximum atomic E-state index is 11.6. The highest BCUT2D eigenvalue weighted by Gasteiger charge is 2.42. The largest absolute Gasteiger partial charge is 0.396 e. The lowest BCUT2D eigenvalue weighted by Crippen LogP contribution is -2.50. The highest BCUT2D eigenvalue weighted by Crippen LogP contribution is 2.36. The van der Waals surface area contributed by atoms with Crippen LogP contribution in [-0.4, -0.2) is 48.3 Å². The van der Waals surface area contributed by atoms with E-state index in [0.717, 1.165) is 12.8 Å². The first-order valence-electron chi connectivity index (χ1n) is 5.63. The molecule has 0 spiro atoms. The first-order valence-corrected chi connectivity index (χ1v) is 5.63. The molecule has 2 fully saturated rings. The summed E-state index contributed by atoms with van der Waals surface area (Å²) in [4.78, 5) is 13.5. The number of amides is 1. The molecule has 1 saturated heterocycles. The van der Waals surface area contributed by atoms with Gasteiger partial charge in [-0.15, -0.1) is 0 Å². The Morgan fingerprint density at radius 1 is 1.60 bits per heavy atom. The van der Waals surface area contributed by atoms with Crippen LogP contribution in [0.1, 0.15) is 25.7 Å². The van der Waals surface area contributed by atoms with Gasteiger partial charge in [0.25, 0.3) is 0 Å². The minimum absolute atomic E-state index is 0.0833. The third-order valence-electron chi connectivity index (χ3n) is 3.73. The molecule has 1 aliphatic heterocycles. The van der Waals surface area contributed by atoms with Crippen molar-refractivity contribution in [2.75, 3.05) is 26.8 Å². The number of carbonyl (C=O) groups is 1. The van der Waals surface area contributed by atoms with Gasteiger partial charge in [-0.2, -0.15) is 0 Å². The molecule has 1 amide bonds. The summed E-state index contributed by atoms with van der Waals surface area (Å²) in [6, 6.07) is 0.